The molecule has 0 aliphatic heterocycles. The molecule has 1 saturated carbocycles. The Morgan fingerprint density at radius 3 is 2.80 bits per heavy atom. The topological polar surface area (TPSA) is 46.2 Å². The molecule has 0 spiro atoms. The number of hydrogen-bond donors (Lipinski definition) is 2. The van der Waals surface area contributed by atoms with Gasteiger partial charge in [-0.25, -0.2) is 0 Å². The summed E-state index contributed by atoms with van der Waals surface area (Å²) in [7, 11) is 0. The number of rotatable bonds is 1. The second-order valence-electron chi connectivity index (χ2n) is 3.21. The summed E-state index contributed by atoms with van der Waals surface area (Å²) in [5, 5.41) is 9.05. The fourth-order valence-corrected chi connectivity index (χ4v) is 2.01. The summed E-state index contributed by atoms with van der Waals surface area (Å²) in [6.45, 7) is 3.49. The van der Waals surface area contributed by atoms with Crippen molar-refractivity contribution in [3.05, 3.63) is 24.5 Å². The van der Waals surface area contributed by atoms with Crippen LogP contribution in [0.3, 0.4) is 0 Å². The number of hydrogen-bond acceptors (Lipinski definition) is 2. The molecule has 10 heavy (non-hydrogen) atoms. The summed E-state index contributed by atoms with van der Waals surface area (Å²) in [4.78, 5) is 0. The molecule has 0 aromatic heterocycles. The molecule has 0 saturated heterocycles. The average molecular weight is 137 g/mol. The number of aliphatic hydroxyl groups excluding tert-OH is 1. The Bertz CT molecular complexity index is 221. The summed E-state index contributed by atoms with van der Waals surface area (Å²) in [5.41, 5.74) is 5.66. The number of fused-ring (bicyclic) bond motifs is 1. The molecule has 2 aliphatic rings. The summed E-state index contributed by atoms with van der Waals surface area (Å²) in [6.07, 6.45) is 5.06. The molecule has 3 N–H and O–H groups in total. The second-order valence-corrected chi connectivity index (χ2v) is 3.21. The van der Waals surface area contributed by atoms with Crippen molar-refractivity contribution in [1.29, 1.82) is 0 Å². The lowest BCUT2D eigenvalue weighted by Crippen LogP contribution is -2.22. The van der Waals surface area contributed by atoms with Gasteiger partial charge in [0.15, 0.2) is 0 Å². The highest BCUT2D eigenvalue weighted by atomic mass is 16.3. The highest BCUT2D eigenvalue weighted by molar-refractivity contribution is 5.37. The Hall–Kier alpha value is -0.760. The molecule has 0 aromatic rings. The minimum absolute atomic E-state index is 0.137. The van der Waals surface area contributed by atoms with Gasteiger partial charge in [0.2, 0.25) is 0 Å². The Morgan fingerprint density at radius 2 is 2.50 bits per heavy atom. The summed E-state index contributed by atoms with van der Waals surface area (Å²) >= 11 is 0. The molecule has 2 nitrogen and oxygen atoms in total. The van der Waals surface area contributed by atoms with E-state index in [1.165, 1.54) is 0 Å². The van der Waals surface area contributed by atoms with Crippen molar-refractivity contribution in [2.45, 2.75) is 12.0 Å². The van der Waals surface area contributed by atoms with Crippen LogP contribution in [0.5, 0.6) is 0 Å². The SMILES string of the molecule is C=C(O)C1C2CC=CC21N. The molecule has 54 valence electrons. The van der Waals surface area contributed by atoms with Gasteiger partial charge in [-0.2, -0.15) is 0 Å². The maximum Gasteiger partial charge on any atom is 0.0907 e. The highest BCUT2D eigenvalue weighted by Gasteiger charge is 2.63. The smallest absolute Gasteiger partial charge is 0.0907 e. The Labute approximate surface area is 60.0 Å². The molecule has 2 heteroatoms. The Kier molecular flexibility index (Phi) is 0.869. The van der Waals surface area contributed by atoms with Gasteiger partial charge in [0, 0.05) is 11.5 Å². The van der Waals surface area contributed by atoms with Gasteiger partial charge >= 0.3 is 0 Å². The second kappa shape index (κ2) is 1.45. The first kappa shape index (κ1) is 5.98. The fourth-order valence-electron chi connectivity index (χ4n) is 2.01. The van der Waals surface area contributed by atoms with Crippen LogP contribution in [0.1, 0.15) is 6.42 Å². The van der Waals surface area contributed by atoms with Crippen LogP contribution in [-0.4, -0.2) is 10.6 Å². The van der Waals surface area contributed by atoms with E-state index in [1.807, 2.05) is 6.08 Å². The zero-order chi connectivity index (χ0) is 7.35. The zero-order valence-corrected chi connectivity index (χ0v) is 5.75. The van der Waals surface area contributed by atoms with Crippen LogP contribution in [0.15, 0.2) is 24.5 Å². The summed E-state index contributed by atoms with van der Waals surface area (Å²) in [6, 6.07) is 0. The maximum absolute atomic E-state index is 9.05. The molecule has 2 rings (SSSR count). The third-order valence-corrected chi connectivity index (χ3v) is 2.63. The first-order chi connectivity index (χ1) is 4.66. The first-order valence-electron chi connectivity index (χ1n) is 3.50. The highest BCUT2D eigenvalue weighted by Crippen LogP contribution is 2.58. The first-order valence-corrected chi connectivity index (χ1v) is 3.50. The number of nitrogens with two attached hydrogens (primary N) is 1. The van der Waals surface area contributed by atoms with Crippen LogP contribution in [0, 0.1) is 11.8 Å². The quantitative estimate of drug-likeness (QED) is 0.417. The van der Waals surface area contributed by atoms with Gasteiger partial charge in [-0.1, -0.05) is 18.7 Å². The third-order valence-electron chi connectivity index (χ3n) is 2.63. The number of allylic oxidation sites excluding steroid dienone is 1. The third kappa shape index (κ3) is 0.480. The summed E-state index contributed by atoms with van der Waals surface area (Å²) < 4.78 is 0. The van der Waals surface area contributed by atoms with Gasteiger partial charge in [0.05, 0.1) is 5.76 Å². The van der Waals surface area contributed by atoms with Gasteiger partial charge in [-0.3, -0.25) is 0 Å². The average Bonchev–Trinajstić information content (AvgIpc) is 2.22. The summed E-state index contributed by atoms with van der Waals surface area (Å²) in [5.74, 6) is 0.819. The van der Waals surface area contributed by atoms with Gasteiger partial charge in [0.1, 0.15) is 0 Å². The lowest BCUT2D eigenvalue weighted by molar-refractivity contribution is 0.368. The van der Waals surface area contributed by atoms with Crippen molar-refractivity contribution in [1.82, 2.24) is 0 Å². The fraction of sp³-hybridized carbons (Fsp3) is 0.500. The monoisotopic (exact) mass is 137 g/mol. The predicted octanol–water partition coefficient (Wildman–Crippen LogP) is 0.962. The van der Waals surface area contributed by atoms with Crippen molar-refractivity contribution < 1.29 is 5.11 Å². The van der Waals surface area contributed by atoms with Crippen molar-refractivity contribution in [3.8, 4) is 0 Å². The molecule has 1 fully saturated rings. The Balaban J connectivity index is 2.22. The van der Waals surface area contributed by atoms with Gasteiger partial charge < -0.3 is 10.8 Å². The standard InChI is InChI=1S/C8H11NO/c1-5(10)7-6-3-2-4-8(6,7)9/h2,4,6-7,10H,1,3,9H2. The van der Waals surface area contributed by atoms with Gasteiger partial charge in [0.25, 0.3) is 0 Å². The molecule has 0 amide bonds. The molecular weight excluding hydrogens is 126 g/mol. The van der Waals surface area contributed by atoms with Crippen molar-refractivity contribution in [3.63, 3.8) is 0 Å². The van der Waals surface area contributed by atoms with E-state index in [9.17, 15) is 0 Å². The van der Waals surface area contributed by atoms with Crippen molar-refractivity contribution in [2.24, 2.45) is 17.6 Å². The van der Waals surface area contributed by atoms with E-state index in [1.54, 1.807) is 0 Å². The van der Waals surface area contributed by atoms with Crippen LogP contribution < -0.4 is 5.73 Å². The van der Waals surface area contributed by atoms with Crippen LogP contribution in [0.4, 0.5) is 0 Å². The number of aliphatic hydroxyl groups is 1. The normalized spacial score (nSPS) is 48.9. The largest absolute Gasteiger partial charge is 0.513 e. The molecule has 0 heterocycles. The van der Waals surface area contributed by atoms with Crippen LogP contribution >= 0.6 is 0 Å². The maximum atomic E-state index is 9.05. The van der Waals surface area contributed by atoms with Crippen LogP contribution in [0.25, 0.3) is 0 Å². The Morgan fingerprint density at radius 1 is 1.80 bits per heavy atom. The van der Waals surface area contributed by atoms with E-state index in [2.05, 4.69) is 12.7 Å². The minimum atomic E-state index is -0.230. The van der Waals surface area contributed by atoms with Crippen LogP contribution in [-0.2, 0) is 0 Å². The van der Waals surface area contributed by atoms with E-state index in [0.717, 1.165) is 6.42 Å². The van der Waals surface area contributed by atoms with E-state index in [-0.39, 0.29) is 17.2 Å². The molecule has 2 aliphatic carbocycles. The van der Waals surface area contributed by atoms with Gasteiger partial charge in [-0.15, -0.1) is 0 Å². The van der Waals surface area contributed by atoms with E-state index < -0.39 is 0 Å². The molecule has 3 atom stereocenters. The van der Waals surface area contributed by atoms with E-state index >= 15 is 0 Å². The van der Waals surface area contributed by atoms with Crippen molar-refractivity contribution in [2.75, 3.05) is 0 Å². The van der Waals surface area contributed by atoms with Crippen molar-refractivity contribution >= 4 is 0 Å². The zero-order valence-electron chi connectivity index (χ0n) is 5.75. The minimum Gasteiger partial charge on any atom is -0.513 e. The molecule has 0 bridgehead atoms. The molecule has 3 unspecified atom stereocenters. The molecule has 0 aromatic carbocycles. The van der Waals surface area contributed by atoms with Gasteiger partial charge in [-0.05, 0) is 12.3 Å². The lowest BCUT2D eigenvalue weighted by Gasteiger charge is -2.01. The van der Waals surface area contributed by atoms with E-state index in [0.29, 0.717) is 5.92 Å². The molecular formula is C8H11NO. The lowest BCUT2D eigenvalue weighted by atomic mass is 10.2. The molecule has 0 radical (unpaired) electrons. The van der Waals surface area contributed by atoms with Crippen LogP contribution in [0.2, 0.25) is 0 Å². The van der Waals surface area contributed by atoms with E-state index in [4.69, 9.17) is 10.8 Å². The predicted molar refractivity (Wildman–Crippen MR) is 39.4 cm³/mol.